The van der Waals surface area contributed by atoms with Gasteiger partial charge in [-0.25, -0.2) is 4.39 Å². The second kappa shape index (κ2) is 5.76. The van der Waals surface area contributed by atoms with Gasteiger partial charge in [0, 0.05) is 18.7 Å². The summed E-state index contributed by atoms with van der Waals surface area (Å²) in [5.41, 5.74) is 1.70. The third-order valence-electron chi connectivity index (χ3n) is 5.00. The molecule has 1 aromatic rings. The lowest BCUT2D eigenvalue weighted by Gasteiger charge is -2.24. The van der Waals surface area contributed by atoms with Crippen LogP contribution in [-0.2, 0) is 11.3 Å². The first kappa shape index (κ1) is 14.5. The molecule has 1 spiro atoms. The molecule has 1 amide bonds. The van der Waals surface area contributed by atoms with Crippen LogP contribution in [0.1, 0.15) is 36.8 Å². The van der Waals surface area contributed by atoms with Crippen molar-refractivity contribution in [1.29, 1.82) is 0 Å². The fraction of sp³-hybridized carbons (Fsp3) is 0.588. The van der Waals surface area contributed by atoms with Crippen LogP contribution < -0.4 is 5.32 Å². The Kier molecular flexibility index (Phi) is 3.98. The van der Waals surface area contributed by atoms with Gasteiger partial charge in [-0.05, 0) is 51.8 Å². The Hall–Kier alpha value is -1.42. The van der Waals surface area contributed by atoms with Gasteiger partial charge in [-0.1, -0.05) is 17.7 Å². The average molecular weight is 290 g/mol. The molecule has 2 saturated heterocycles. The number of likely N-dealkylation sites (tertiary alicyclic amines) is 1. The molecule has 0 aromatic heterocycles. The predicted molar refractivity (Wildman–Crippen MR) is 80.3 cm³/mol. The Morgan fingerprint density at radius 2 is 2.14 bits per heavy atom. The second-order valence-electron chi connectivity index (χ2n) is 6.51. The standard InChI is InChI=1S/C17H23FN2O/c1-13-3-4-15(18)14(11-13)12-20-9-2-5-17(7-10-20)6-8-19-16(17)21/h3-4,11H,2,5-10,12H2,1H3,(H,19,21)/t17-/m0/s1. The lowest BCUT2D eigenvalue weighted by molar-refractivity contribution is -0.128. The number of rotatable bonds is 2. The third kappa shape index (κ3) is 2.95. The van der Waals surface area contributed by atoms with Crippen LogP contribution in [-0.4, -0.2) is 30.4 Å². The molecule has 0 unspecified atom stereocenters. The smallest absolute Gasteiger partial charge is 0.226 e. The second-order valence-corrected chi connectivity index (χ2v) is 6.51. The van der Waals surface area contributed by atoms with Gasteiger partial charge >= 0.3 is 0 Å². The number of benzene rings is 1. The summed E-state index contributed by atoms with van der Waals surface area (Å²) in [6.45, 7) is 5.27. The molecule has 1 aromatic carbocycles. The highest BCUT2D eigenvalue weighted by Gasteiger charge is 2.42. The molecule has 3 rings (SSSR count). The molecule has 114 valence electrons. The Balaban J connectivity index is 1.68. The molecule has 1 atom stereocenters. The fourth-order valence-electron chi connectivity index (χ4n) is 3.67. The van der Waals surface area contributed by atoms with E-state index in [1.807, 2.05) is 13.0 Å². The maximum atomic E-state index is 13.9. The Morgan fingerprint density at radius 1 is 1.29 bits per heavy atom. The topological polar surface area (TPSA) is 32.3 Å². The third-order valence-corrected chi connectivity index (χ3v) is 5.00. The Morgan fingerprint density at radius 3 is 2.90 bits per heavy atom. The van der Waals surface area contributed by atoms with Gasteiger partial charge in [-0.15, -0.1) is 0 Å². The van der Waals surface area contributed by atoms with Crippen LogP contribution in [0.15, 0.2) is 18.2 Å². The molecule has 0 bridgehead atoms. The van der Waals surface area contributed by atoms with E-state index in [4.69, 9.17) is 0 Å². The lowest BCUT2D eigenvalue weighted by Crippen LogP contribution is -2.32. The number of amides is 1. The maximum Gasteiger partial charge on any atom is 0.226 e. The molecule has 4 heteroatoms. The number of hydrogen-bond donors (Lipinski definition) is 1. The number of carbonyl (C=O) groups excluding carboxylic acids is 1. The van der Waals surface area contributed by atoms with Crippen LogP contribution in [0.4, 0.5) is 4.39 Å². The highest BCUT2D eigenvalue weighted by Crippen LogP contribution is 2.38. The van der Waals surface area contributed by atoms with Gasteiger partial charge in [0.2, 0.25) is 5.91 Å². The van der Waals surface area contributed by atoms with E-state index < -0.39 is 0 Å². The van der Waals surface area contributed by atoms with Gasteiger partial charge in [-0.2, -0.15) is 0 Å². The van der Waals surface area contributed by atoms with Crippen molar-refractivity contribution in [2.24, 2.45) is 5.41 Å². The highest BCUT2D eigenvalue weighted by atomic mass is 19.1. The van der Waals surface area contributed by atoms with Crippen LogP contribution in [0.25, 0.3) is 0 Å². The summed E-state index contributed by atoms with van der Waals surface area (Å²) >= 11 is 0. The molecule has 1 N–H and O–H groups in total. The zero-order valence-electron chi connectivity index (χ0n) is 12.6. The minimum Gasteiger partial charge on any atom is -0.356 e. The van der Waals surface area contributed by atoms with Crippen molar-refractivity contribution in [2.75, 3.05) is 19.6 Å². The van der Waals surface area contributed by atoms with E-state index in [0.717, 1.165) is 56.4 Å². The molecular formula is C17H23FN2O. The molecule has 2 aliphatic rings. The number of aryl methyl sites for hydroxylation is 1. The van der Waals surface area contributed by atoms with Gasteiger partial charge in [0.25, 0.3) is 0 Å². The number of carbonyl (C=O) groups is 1. The Labute approximate surface area is 125 Å². The van der Waals surface area contributed by atoms with E-state index in [0.29, 0.717) is 6.54 Å². The summed E-state index contributed by atoms with van der Waals surface area (Å²) < 4.78 is 13.9. The predicted octanol–water partition coefficient (Wildman–Crippen LogP) is 2.63. The van der Waals surface area contributed by atoms with Crippen molar-refractivity contribution in [3.05, 3.63) is 35.1 Å². The van der Waals surface area contributed by atoms with E-state index in [1.165, 1.54) is 0 Å². The minimum atomic E-state index is -0.153. The van der Waals surface area contributed by atoms with E-state index >= 15 is 0 Å². The zero-order valence-corrected chi connectivity index (χ0v) is 12.6. The molecule has 21 heavy (non-hydrogen) atoms. The van der Waals surface area contributed by atoms with Gasteiger partial charge < -0.3 is 5.32 Å². The van der Waals surface area contributed by atoms with Gasteiger partial charge in [0.15, 0.2) is 0 Å². The van der Waals surface area contributed by atoms with Crippen molar-refractivity contribution in [3.63, 3.8) is 0 Å². The molecule has 3 nitrogen and oxygen atoms in total. The van der Waals surface area contributed by atoms with Crippen LogP contribution in [0.3, 0.4) is 0 Å². The number of hydrogen-bond acceptors (Lipinski definition) is 2. The van der Waals surface area contributed by atoms with E-state index in [2.05, 4.69) is 10.2 Å². The maximum absolute atomic E-state index is 13.9. The molecule has 0 radical (unpaired) electrons. The number of halogens is 1. The molecule has 2 heterocycles. The zero-order chi connectivity index (χ0) is 14.9. The normalized spacial score (nSPS) is 26.9. The van der Waals surface area contributed by atoms with Crippen molar-refractivity contribution in [3.8, 4) is 0 Å². The van der Waals surface area contributed by atoms with Crippen LogP contribution >= 0.6 is 0 Å². The minimum absolute atomic E-state index is 0.127. The quantitative estimate of drug-likeness (QED) is 0.908. The van der Waals surface area contributed by atoms with E-state index in [1.54, 1.807) is 12.1 Å². The lowest BCUT2D eigenvalue weighted by atomic mass is 9.79. The van der Waals surface area contributed by atoms with Gasteiger partial charge in [0.1, 0.15) is 5.82 Å². The first-order chi connectivity index (χ1) is 10.1. The van der Waals surface area contributed by atoms with Gasteiger partial charge in [0.05, 0.1) is 5.41 Å². The van der Waals surface area contributed by atoms with Crippen molar-refractivity contribution in [2.45, 2.75) is 39.2 Å². The average Bonchev–Trinajstić information content (AvgIpc) is 2.69. The van der Waals surface area contributed by atoms with Crippen LogP contribution in [0, 0.1) is 18.2 Å². The van der Waals surface area contributed by atoms with E-state index in [-0.39, 0.29) is 17.1 Å². The SMILES string of the molecule is Cc1ccc(F)c(CN2CCC[C@]3(CCNC3=O)CC2)c1. The highest BCUT2D eigenvalue weighted by molar-refractivity contribution is 5.84. The summed E-state index contributed by atoms with van der Waals surface area (Å²) in [7, 11) is 0. The summed E-state index contributed by atoms with van der Waals surface area (Å²) in [5, 5.41) is 2.97. The Bertz CT molecular complexity index is 546. The largest absolute Gasteiger partial charge is 0.356 e. The fourth-order valence-corrected chi connectivity index (χ4v) is 3.67. The van der Waals surface area contributed by atoms with E-state index in [9.17, 15) is 9.18 Å². The molecular weight excluding hydrogens is 267 g/mol. The van der Waals surface area contributed by atoms with Crippen LogP contribution in [0.2, 0.25) is 0 Å². The number of nitrogens with one attached hydrogen (secondary N) is 1. The first-order valence-corrected chi connectivity index (χ1v) is 7.85. The van der Waals surface area contributed by atoms with Crippen molar-refractivity contribution in [1.82, 2.24) is 10.2 Å². The molecule has 2 fully saturated rings. The van der Waals surface area contributed by atoms with Gasteiger partial charge in [-0.3, -0.25) is 9.69 Å². The summed E-state index contributed by atoms with van der Waals surface area (Å²) in [6.07, 6.45) is 3.83. The summed E-state index contributed by atoms with van der Waals surface area (Å²) in [6, 6.07) is 5.28. The number of nitrogens with zero attached hydrogens (tertiary/aromatic N) is 1. The van der Waals surface area contributed by atoms with Crippen molar-refractivity contribution < 1.29 is 9.18 Å². The monoisotopic (exact) mass is 290 g/mol. The van der Waals surface area contributed by atoms with Crippen molar-refractivity contribution >= 4 is 5.91 Å². The first-order valence-electron chi connectivity index (χ1n) is 7.85. The molecule has 0 saturated carbocycles. The summed E-state index contributed by atoms with van der Waals surface area (Å²) in [5.74, 6) is 0.101. The molecule has 2 aliphatic heterocycles. The molecule has 0 aliphatic carbocycles. The summed E-state index contributed by atoms with van der Waals surface area (Å²) in [4.78, 5) is 14.4. The van der Waals surface area contributed by atoms with Crippen LogP contribution in [0.5, 0.6) is 0 Å².